The lowest BCUT2D eigenvalue weighted by Crippen LogP contribution is -2.17. The van der Waals surface area contributed by atoms with Crippen LogP contribution in [-0.4, -0.2) is 0 Å². The zero-order valence-corrected chi connectivity index (χ0v) is 30.9. The van der Waals surface area contributed by atoms with Gasteiger partial charge in [-0.3, -0.25) is 0 Å². The van der Waals surface area contributed by atoms with Gasteiger partial charge < -0.3 is 9.80 Å². The summed E-state index contributed by atoms with van der Waals surface area (Å²) in [6, 6.07) is 59.8. The Morgan fingerprint density at radius 2 is 0.745 bits per heavy atom. The van der Waals surface area contributed by atoms with Crippen LogP contribution >= 0.6 is 15.9 Å². The molecule has 0 N–H and O–H groups in total. The molecule has 0 unspecified atom stereocenters. The van der Waals surface area contributed by atoms with Gasteiger partial charge in [-0.25, -0.2) is 0 Å². The van der Waals surface area contributed by atoms with Crippen molar-refractivity contribution in [1.82, 2.24) is 0 Å². The zero-order valence-electron chi connectivity index (χ0n) is 29.4. The normalized spacial score (nSPS) is 14.3. The Morgan fingerprint density at radius 3 is 1.18 bits per heavy atom. The first kappa shape index (κ1) is 31.6. The summed E-state index contributed by atoms with van der Waals surface area (Å²) in [5, 5.41) is 0. The van der Waals surface area contributed by atoms with Gasteiger partial charge in [0.1, 0.15) is 0 Å². The zero-order chi connectivity index (χ0) is 34.9. The van der Waals surface area contributed by atoms with Crippen LogP contribution in [0, 0.1) is 0 Å². The van der Waals surface area contributed by atoms with Crippen LogP contribution in [0.5, 0.6) is 0 Å². The summed E-state index contributed by atoms with van der Waals surface area (Å²) in [5.41, 5.74) is 17.1. The van der Waals surface area contributed by atoms with Crippen molar-refractivity contribution in [1.29, 1.82) is 0 Å². The molecular weight excluding hydrogens is 684 g/mol. The van der Waals surface area contributed by atoms with Gasteiger partial charge in [-0.05, 0) is 88.0 Å². The summed E-state index contributed by atoms with van der Waals surface area (Å²) < 4.78 is 1.01. The Bertz CT molecular complexity index is 2280. The Kier molecular flexibility index (Phi) is 7.34. The quantitative estimate of drug-likeness (QED) is 0.169. The molecule has 0 radical (unpaired) electrons. The van der Waals surface area contributed by atoms with Crippen LogP contribution < -0.4 is 9.80 Å². The second-order valence-corrected chi connectivity index (χ2v) is 15.7. The van der Waals surface area contributed by atoms with E-state index in [1.165, 1.54) is 55.9 Å². The van der Waals surface area contributed by atoms with Crippen molar-refractivity contribution in [2.24, 2.45) is 0 Å². The number of hydrogen-bond donors (Lipinski definition) is 0. The first-order valence-electron chi connectivity index (χ1n) is 17.7. The van der Waals surface area contributed by atoms with Crippen molar-refractivity contribution in [2.75, 3.05) is 9.80 Å². The number of fused-ring (bicyclic) bond motifs is 6. The molecule has 0 spiro atoms. The Balaban J connectivity index is 1.30. The maximum Gasteiger partial charge on any atom is 0.0543 e. The minimum Gasteiger partial charge on any atom is -0.310 e. The highest BCUT2D eigenvalue weighted by Gasteiger charge is 2.39. The van der Waals surface area contributed by atoms with Crippen molar-refractivity contribution in [3.05, 3.63) is 191 Å². The summed E-state index contributed by atoms with van der Waals surface area (Å²) in [7, 11) is 0. The van der Waals surface area contributed by atoms with Gasteiger partial charge in [-0.1, -0.05) is 153 Å². The summed E-state index contributed by atoms with van der Waals surface area (Å²) in [6.45, 7) is 9.39. The molecule has 51 heavy (non-hydrogen) atoms. The van der Waals surface area contributed by atoms with E-state index in [1.54, 1.807) is 0 Å². The van der Waals surface area contributed by atoms with E-state index in [0.717, 1.165) is 27.2 Å². The molecule has 7 aromatic carbocycles. The standard InChI is InChI=1S/C48H39BrN2/c1-47(2)39-23-13-11-21-37(39)45-41(47)25-15-27-43(45)50(33-17-7-5-8-18-33)35-29-32(49)30-36(31-35)51(34-19-9-6-10-20-34)44-28-16-26-42-46(44)38-22-12-14-24-40(38)48(42,3)4/h5-31H,1-4H3. The third-order valence-electron chi connectivity index (χ3n) is 11.1. The molecule has 2 aliphatic carbocycles. The first-order chi connectivity index (χ1) is 24.7. The molecule has 0 saturated heterocycles. The molecule has 0 fully saturated rings. The Morgan fingerprint density at radius 1 is 0.373 bits per heavy atom. The molecular formula is C48H39BrN2. The number of rotatable bonds is 6. The summed E-state index contributed by atoms with van der Waals surface area (Å²) in [5.74, 6) is 0. The van der Waals surface area contributed by atoms with E-state index in [2.05, 4.69) is 217 Å². The first-order valence-corrected chi connectivity index (χ1v) is 18.5. The predicted octanol–water partition coefficient (Wildman–Crippen LogP) is 14.0. The maximum atomic E-state index is 4.00. The third-order valence-corrected chi connectivity index (χ3v) is 11.5. The molecule has 248 valence electrons. The lowest BCUT2D eigenvalue weighted by Gasteiger charge is -2.32. The lowest BCUT2D eigenvalue weighted by atomic mass is 9.82. The van der Waals surface area contributed by atoms with Crippen molar-refractivity contribution in [2.45, 2.75) is 38.5 Å². The topological polar surface area (TPSA) is 6.48 Å². The fourth-order valence-corrected chi connectivity index (χ4v) is 9.14. The molecule has 0 bridgehead atoms. The highest BCUT2D eigenvalue weighted by atomic mass is 79.9. The number of benzene rings is 7. The van der Waals surface area contributed by atoms with Gasteiger partial charge >= 0.3 is 0 Å². The minimum absolute atomic E-state index is 0.103. The molecule has 0 amide bonds. The van der Waals surface area contributed by atoms with Crippen molar-refractivity contribution < 1.29 is 0 Å². The third kappa shape index (κ3) is 4.90. The number of hydrogen-bond acceptors (Lipinski definition) is 2. The van der Waals surface area contributed by atoms with E-state index in [9.17, 15) is 0 Å². The van der Waals surface area contributed by atoms with E-state index in [0.29, 0.717) is 0 Å². The van der Waals surface area contributed by atoms with Crippen LogP contribution in [0.4, 0.5) is 34.1 Å². The average Bonchev–Trinajstić information content (AvgIpc) is 3.53. The highest BCUT2D eigenvalue weighted by Crippen LogP contribution is 2.56. The second-order valence-electron chi connectivity index (χ2n) is 14.8. The van der Waals surface area contributed by atoms with Crippen LogP contribution in [0.15, 0.2) is 168 Å². The number of nitrogens with zero attached hydrogens (tertiary/aromatic N) is 2. The Hall–Kier alpha value is -5.38. The van der Waals surface area contributed by atoms with Crippen LogP contribution in [0.25, 0.3) is 22.3 Å². The van der Waals surface area contributed by atoms with Crippen molar-refractivity contribution in [3.8, 4) is 22.3 Å². The molecule has 2 aliphatic rings. The molecule has 2 nitrogen and oxygen atoms in total. The Labute approximate surface area is 309 Å². The molecule has 3 heteroatoms. The van der Waals surface area contributed by atoms with E-state index in [1.807, 2.05) is 0 Å². The second kappa shape index (κ2) is 11.9. The van der Waals surface area contributed by atoms with Gasteiger partial charge in [0.05, 0.1) is 11.4 Å². The van der Waals surface area contributed by atoms with Crippen LogP contribution in [-0.2, 0) is 10.8 Å². The average molecular weight is 724 g/mol. The van der Waals surface area contributed by atoms with E-state index in [4.69, 9.17) is 0 Å². The smallest absolute Gasteiger partial charge is 0.0543 e. The van der Waals surface area contributed by atoms with Gasteiger partial charge in [0.2, 0.25) is 0 Å². The molecule has 0 heterocycles. The van der Waals surface area contributed by atoms with Crippen LogP contribution in [0.3, 0.4) is 0 Å². The largest absolute Gasteiger partial charge is 0.310 e. The molecule has 9 rings (SSSR count). The van der Waals surface area contributed by atoms with Crippen LogP contribution in [0.1, 0.15) is 49.9 Å². The fraction of sp³-hybridized carbons (Fsp3) is 0.125. The van der Waals surface area contributed by atoms with Gasteiger partial charge in [0.25, 0.3) is 0 Å². The lowest BCUT2D eigenvalue weighted by molar-refractivity contribution is 0.660. The van der Waals surface area contributed by atoms with Gasteiger partial charge in [-0.2, -0.15) is 0 Å². The number of para-hydroxylation sites is 2. The molecule has 0 atom stereocenters. The van der Waals surface area contributed by atoms with Gasteiger partial charge in [0, 0.05) is 49.2 Å². The maximum absolute atomic E-state index is 4.00. The molecule has 0 aromatic heterocycles. The monoisotopic (exact) mass is 722 g/mol. The summed E-state index contributed by atoms with van der Waals surface area (Å²) in [4.78, 5) is 4.87. The minimum atomic E-state index is -0.103. The SMILES string of the molecule is CC1(C)c2ccccc2-c2c(N(c3ccccc3)c3cc(Br)cc(N(c4ccccc4)c4cccc5c4-c4ccccc4C5(C)C)c3)cccc21. The van der Waals surface area contributed by atoms with E-state index in [-0.39, 0.29) is 10.8 Å². The van der Waals surface area contributed by atoms with Gasteiger partial charge in [-0.15, -0.1) is 0 Å². The van der Waals surface area contributed by atoms with Crippen molar-refractivity contribution >= 4 is 50.1 Å². The fourth-order valence-electron chi connectivity index (χ4n) is 8.67. The predicted molar refractivity (Wildman–Crippen MR) is 219 cm³/mol. The number of halogens is 1. The highest BCUT2D eigenvalue weighted by molar-refractivity contribution is 9.10. The summed E-state index contributed by atoms with van der Waals surface area (Å²) in [6.07, 6.45) is 0. The molecule has 0 saturated carbocycles. The van der Waals surface area contributed by atoms with E-state index < -0.39 is 0 Å². The molecule has 7 aromatic rings. The number of anilines is 6. The molecule has 0 aliphatic heterocycles. The summed E-state index contributed by atoms with van der Waals surface area (Å²) >= 11 is 4.00. The van der Waals surface area contributed by atoms with Gasteiger partial charge in [0.15, 0.2) is 0 Å². The van der Waals surface area contributed by atoms with Crippen LogP contribution in [0.2, 0.25) is 0 Å². The van der Waals surface area contributed by atoms with Crippen molar-refractivity contribution in [3.63, 3.8) is 0 Å². The van der Waals surface area contributed by atoms with E-state index >= 15 is 0 Å².